The molecule has 0 N–H and O–H groups in total. The number of nitriles is 1. The van der Waals surface area contributed by atoms with Gasteiger partial charge in [0, 0.05) is 18.5 Å². The topological polar surface area (TPSA) is 79.0 Å². The van der Waals surface area contributed by atoms with Crippen molar-refractivity contribution in [3.63, 3.8) is 0 Å². The van der Waals surface area contributed by atoms with E-state index in [0.717, 1.165) is 61.6 Å². The van der Waals surface area contributed by atoms with Crippen molar-refractivity contribution in [1.29, 1.82) is 5.26 Å². The highest BCUT2D eigenvalue weighted by molar-refractivity contribution is 7.99. The lowest BCUT2D eigenvalue weighted by Gasteiger charge is -2.39. The Bertz CT molecular complexity index is 1090. The molecular weight excluding hydrogens is 428 g/mol. The Morgan fingerprint density at radius 2 is 2.13 bits per heavy atom. The Balaban J connectivity index is 1.59. The third-order valence-electron chi connectivity index (χ3n) is 6.93. The summed E-state index contributed by atoms with van der Waals surface area (Å²) < 4.78 is 1.70. The van der Waals surface area contributed by atoms with E-state index in [2.05, 4.69) is 13.0 Å². The van der Waals surface area contributed by atoms with Gasteiger partial charge in [0.1, 0.15) is 10.4 Å². The molecule has 0 saturated heterocycles. The third-order valence-corrected chi connectivity index (χ3v) is 9.04. The molecule has 2 heterocycles. The summed E-state index contributed by atoms with van der Waals surface area (Å²) in [6.45, 7) is 4.73. The maximum atomic E-state index is 13.3. The Labute approximate surface area is 191 Å². The third kappa shape index (κ3) is 4.03. The number of rotatable bonds is 5. The minimum Gasteiger partial charge on any atom is -0.326 e. The van der Waals surface area contributed by atoms with Gasteiger partial charge >= 0.3 is 0 Å². The van der Waals surface area contributed by atoms with E-state index < -0.39 is 5.54 Å². The molecule has 2 aliphatic rings. The summed E-state index contributed by atoms with van der Waals surface area (Å²) in [5.41, 5.74) is 0.517. The van der Waals surface area contributed by atoms with Crippen molar-refractivity contribution in [2.45, 2.75) is 82.5 Å². The zero-order valence-electron chi connectivity index (χ0n) is 18.6. The standard InChI is InChI=1S/C23H30N4O2S2/c1-4-27-21(29)19-16-9-8-15(2)12-17(16)31-20(19)25-22(27)30-13-18(28)26(3)23(14-24)10-6-5-7-11-23/h15H,4-13H2,1-3H3. The maximum Gasteiger partial charge on any atom is 0.263 e. The Morgan fingerprint density at radius 1 is 1.39 bits per heavy atom. The predicted molar refractivity (Wildman–Crippen MR) is 126 cm³/mol. The quantitative estimate of drug-likeness (QED) is 0.491. The average Bonchev–Trinajstić information content (AvgIpc) is 3.14. The first-order chi connectivity index (χ1) is 14.9. The van der Waals surface area contributed by atoms with Crippen molar-refractivity contribution in [3.8, 4) is 6.07 Å². The Hall–Kier alpha value is -1.85. The van der Waals surface area contributed by atoms with Gasteiger partial charge in [0.25, 0.3) is 5.56 Å². The van der Waals surface area contributed by atoms with Crippen LogP contribution in [-0.4, -0.2) is 38.7 Å². The van der Waals surface area contributed by atoms with Gasteiger partial charge in [0.2, 0.25) is 5.91 Å². The first-order valence-corrected chi connectivity index (χ1v) is 13.1. The number of hydrogen-bond donors (Lipinski definition) is 0. The number of carbonyl (C=O) groups is 1. The lowest BCUT2D eigenvalue weighted by molar-refractivity contribution is -0.131. The highest BCUT2D eigenvalue weighted by Gasteiger charge is 2.38. The van der Waals surface area contributed by atoms with E-state index in [-0.39, 0.29) is 17.2 Å². The number of thioether (sulfide) groups is 1. The molecule has 166 valence electrons. The van der Waals surface area contributed by atoms with Gasteiger partial charge in [-0.2, -0.15) is 5.26 Å². The number of nitrogens with zero attached hydrogens (tertiary/aromatic N) is 4. The predicted octanol–water partition coefficient (Wildman–Crippen LogP) is 4.38. The molecule has 2 aromatic rings. The van der Waals surface area contributed by atoms with Gasteiger partial charge in [-0.3, -0.25) is 14.2 Å². The monoisotopic (exact) mass is 458 g/mol. The first-order valence-electron chi connectivity index (χ1n) is 11.3. The fourth-order valence-electron chi connectivity index (χ4n) is 4.91. The van der Waals surface area contributed by atoms with Gasteiger partial charge in [-0.15, -0.1) is 11.3 Å². The van der Waals surface area contributed by atoms with Gasteiger partial charge in [0.15, 0.2) is 5.16 Å². The van der Waals surface area contributed by atoms with Crippen LogP contribution in [0.4, 0.5) is 0 Å². The second-order valence-corrected chi connectivity index (χ2v) is 10.9. The van der Waals surface area contributed by atoms with Crippen LogP contribution in [0.25, 0.3) is 10.2 Å². The van der Waals surface area contributed by atoms with E-state index in [4.69, 9.17) is 4.98 Å². The molecule has 31 heavy (non-hydrogen) atoms. The van der Waals surface area contributed by atoms with Crippen molar-refractivity contribution >= 4 is 39.2 Å². The van der Waals surface area contributed by atoms with Crippen LogP contribution in [0.5, 0.6) is 0 Å². The normalized spacial score (nSPS) is 20.3. The number of carbonyl (C=O) groups excluding carboxylic acids is 1. The lowest BCUT2D eigenvalue weighted by Crippen LogP contribution is -2.50. The van der Waals surface area contributed by atoms with Crippen molar-refractivity contribution in [1.82, 2.24) is 14.5 Å². The second-order valence-electron chi connectivity index (χ2n) is 8.92. The fourth-order valence-corrected chi connectivity index (χ4v) is 7.32. The van der Waals surface area contributed by atoms with Gasteiger partial charge in [-0.25, -0.2) is 4.98 Å². The van der Waals surface area contributed by atoms with Crippen LogP contribution in [0.3, 0.4) is 0 Å². The highest BCUT2D eigenvalue weighted by Crippen LogP contribution is 2.37. The zero-order chi connectivity index (χ0) is 22.2. The molecule has 0 aromatic carbocycles. The van der Waals surface area contributed by atoms with Gasteiger partial charge in [-0.05, 0) is 50.5 Å². The van der Waals surface area contributed by atoms with Gasteiger partial charge in [0.05, 0.1) is 17.2 Å². The van der Waals surface area contributed by atoms with Crippen LogP contribution in [0.1, 0.15) is 62.8 Å². The maximum absolute atomic E-state index is 13.3. The van der Waals surface area contributed by atoms with E-state index in [1.807, 2.05) is 6.92 Å². The summed E-state index contributed by atoms with van der Waals surface area (Å²) in [5, 5.41) is 11.2. The molecule has 1 amide bonds. The number of thiophene rings is 1. The van der Waals surface area contributed by atoms with Crippen LogP contribution in [0, 0.1) is 17.2 Å². The molecule has 2 aromatic heterocycles. The SMILES string of the molecule is CCn1c(SCC(=O)N(C)C2(C#N)CCCCC2)nc2sc3c(c2c1=O)CCC(C)C3. The molecule has 0 spiro atoms. The molecule has 1 fully saturated rings. The van der Waals surface area contributed by atoms with E-state index in [1.165, 1.54) is 22.2 Å². The number of aromatic nitrogens is 2. The summed E-state index contributed by atoms with van der Waals surface area (Å²) in [4.78, 5) is 34.8. The first kappa shape index (κ1) is 22.3. The highest BCUT2D eigenvalue weighted by atomic mass is 32.2. The Morgan fingerprint density at radius 3 is 2.81 bits per heavy atom. The number of fused-ring (bicyclic) bond motifs is 3. The molecule has 4 rings (SSSR count). The van der Waals surface area contributed by atoms with Crippen molar-refractivity contribution in [2.24, 2.45) is 5.92 Å². The Kier molecular flexibility index (Phi) is 6.45. The summed E-state index contributed by atoms with van der Waals surface area (Å²) in [6.07, 6.45) is 7.63. The van der Waals surface area contributed by atoms with Crippen LogP contribution in [0.2, 0.25) is 0 Å². The van der Waals surface area contributed by atoms with E-state index in [9.17, 15) is 14.9 Å². The van der Waals surface area contributed by atoms with E-state index in [1.54, 1.807) is 27.9 Å². The summed E-state index contributed by atoms with van der Waals surface area (Å²) in [6, 6.07) is 2.41. The molecule has 6 nitrogen and oxygen atoms in total. The van der Waals surface area contributed by atoms with Crippen molar-refractivity contribution < 1.29 is 4.79 Å². The summed E-state index contributed by atoms with van der Waals surface area (Å²) in [7, 11) is 1.75. The van der Waals surface area contributed by atoms with Crippen LogP contribution in [-0.2, 0) is 24.2 Å². The van der Waals surface area contributed by atoms with E-state index >= 15 is 0 Å². The average molecular weight is 459 g/mol. The number of aryl methyl sites for hydroxylation is 1. The summed E-state index contributed by atoms with van der Waals surface area (Å²) in [5.74, 6) is 0.743. The second kappa shape index (κ2) is 8.95. The van der Waals surface area contributed by atoms with Gasteiger partial charge < -0.3 is 4.90 Å². The zero-order valence-corrected chi connectivity index (χ0v) is 20.2. The van der Waals surface area contributed by atoms with Crippen molar-refractivity contribution in [2.75, 3.05) is 12.8 Å². The summed E-state index contributed by atoms with van der Waals surface area (Å²) >= 11 is 2.96. The molecule has 0 bridgehead atoms. The van der Waals surface area contributed by atoms with Crippen LogP contribution < -0.4 is 5.56 Å². The fraction of sp³-hybridized carbons (Fsp3) is 0.652. The minimum atomic E-state index is -0.693. The van der Waals surface area contributed by atoms with Crippen molar-refractivity contribution in [3.05, 3.63) is 20.8 Å². The van der Waals surface area contributed by atoms with Crippen LogP contribution >= 0.6 is 23.1 Å². The molecule has 0 radical (unpaired) electrons. The number of amides is 1. The molecule has 1 atom stereocenters. The molecule has 1 unspecified atom stereocenters. The molecule has 2 aliphatic carbocycles. The molecule has 8 heteroatoms. The smallest absolute Gasteiger partial charge is 0.263 e. The molecule has 1 saturated carbocycles. The minimum absolute atomic E-state index is 0.0173. The number of hydrogen-bond acceptors (Lipinski definition) is 6. The molecule has 0 aliphatic heterocycles. The van der Waals surface area contributed by atoms with Gasteiger partial charge in [-0.1, -0.05) is 37.9 Å². The lowest BCUT2D eigenvalue weighted by atomic mass is 9.81. The molecular formula is C23H30N4O2S2. The van der Waals surface area contributed by atoms with E-state index in [0.29, 0.717) is 17.6 Å². The van der Waals surface area contributed by atoms with Crippen LogP contribution in [0.15, 0.2) is 9.95 Å². The largest absolute Gasteiger partial charge is 0.326 e.